The molecule has 3 nitrogen and oxygen atoms in total. The third kappa shape index (κ3) is 2.41. The fraction of sp³-hybridized carbons (Fsp3) is 0.133. The highest BCUT2D eigenvalue weighted by Crippen LogP contribution is 2.26. The summed E-state index contributed by atoms with van der Waals surface area (Å²) >= 11 is 3.46. The van der Waals surface area contributed by atoms with Gasteiger partial charge in [0.25, 0.3) is 0 Å². The number of nitrogens with zero attached hydrogens (tertiary/aromatic N) is 2. The molecule has 1 heterocycles. The average Bonchev–Trinajstić information content (AvgIpc) is 2.84. The molecule has 1 aromatic heterocycles. The second-order valence-corrected chi connectivity index (χ2v) is 5.48. The predicted octanol–water partition coefficient (Wildman–Crippen LogP) is 3.42. The van der Waals surface area contributed by atoms with E-state index in [1.54, 1.807) is 4.68 Å². The zero-order valence-electron chi connectivity index (χ0n) is 10.4. The van der Waals surface area contributed by atoms with Gasteiger partial charge in [-0.3, -0.25) is 4.68 Å². The summed E-state index contributed by atoms with van der Waals surface area (Å²) < 4.78 is 2.74. The van der Waals surface area contributed by atoms with Crippen molar-refractivity contribution in [3.05, 3.63) is 64.4 Å². The quantitative estimate of drug-likeness (QED) is 0.786. The van der Waals surface area contributed by atoms with Gasteiger partial charge in [0.15, 0.2) is 0 Å². The number of aliphatic hydroxyl groups is 1. The van der Waals surface area contributed by atoms with Crippen LogP contribution in [0.1, 0.15) is 17.4 Å². The number of hydrogen-bond acceptors (Lipinski definition) is 2. The molecular weight excluding hydrogens is 304 g/mol. The minimum absolute atomic E-state index is 0.666. The van der Waals surface area contributed by atoms with Crippen LogP contribution in [0.4, 0.5) is 0 Å². The topological polar surface area (TPSA) is 38.0 Å². The molecule has 0 radical (unpaired) electrons. The van der Waals surface area contributed by atoms with Gasteiger partial charge in [-0.05, 0) is 40.6 Å². The highest BCUT2D eigenvalue weighted by Gasteiger charge is 2.13. The largest absolute Gasteiger partial charge is 0.382 e. The number of fused-ring (bicyclic) bond motifs is 1. The molecule has 0 fully saturated rings. The zero-order chi connectivity index (χ0) is 13.4. The van der Waals surface area contributed by atoms with Crippen LogP contribution in [-0.2, 0) is 7.05 Å². The van der Waals surface area contributed by atoms with E-state index in [0.717, 1.165) is 20.8 Å². The summed E-state index contributed by atoms with van der Waals surface area (Å²) in [6.45, 7) is 0. The Kier molecular flexibility index (Phi) is 3.12. The lowest BCUT2D eigenvalue weighted by Crippen LogP contribution is -2.01. The maximum absolute atomic E-state index is 10.3. The van der Waals surface area contributed by atoms with Crippen LogP contribution in [0.5, 0.6) is 0 Å². The molecule has 96 valence electrons. The monoisotopic (exact) mass is 316 g/mol. The van der Waals surface area contributed by atoms with Crippen LogP contribution in [0.3, 0.4) is 0 Å². The molecule has 0 aliphatic heterocycles. The van der Waals surface area contributed by atoms with Crippen molar-refractivity contribution in [2.24, 2.45) is 7.05 Å². The van der Waals surface area contributed by atoms with Crippen molar-refractivity contribution in [3.63, 3.8) is 0 Å². The number of hydrogen-bond donors (Lipinski definition) is 1. The molecule has 1 unspecified atom stereocenters. The molecule has 0 spiro atoms. The Balaban J connectivity index is 2.03. The van der Waals surface area contributed by atoms with Gasteiger partial charge in [0.2, 0.25) is 0 Å². The number of halogens is 1. The van der Waals surface area contributed by atoms with E-state index in [4.69, 9.17) is 0 Å². The van der Waals surface area contributed by atoms with Crippen LogP contribution in [0.15, 0.2) is 53.1 Å². The molecule has 0 bridgehead atoms. The van der Waals surface area contributed by atoms with Crippen LogP contribution < -0.4 is 0 Å². The van der Waals surface area contributed by atoms with E-state index in [9.17, 15) is 5.11 Å². The molecule has 2 aromatic carbocycles. The second kappa shape index (κ2) is 4.79. The molecule has 1 atom stereocenters. The lowest BCUT2D eigenvalue weighted by molar-refractivity contribution is 0.214. The normalized spacial score (nSPS) is 12.8. The van der Waals surface area contributed by atoms with Crippen molar-refractivity contribution in [1.29, 1.82) is 0 Å². The zero-order valence-corrected chi connectivity index (χ0v) is 12.0. The minimum atomic E-state index is -0.686. The molecule has 19 heavy (non-hydrogen) atoms. The maximum Gasteiger partial charge on any atom is 0.123 e. The van der Waals surface area contributed by atoms with E-state index >= 15 is 0 Å². The van der Waals surface area contributed by atoms with Crippen LogP contribution >= 0.6 is 15.9 Å². The van der Waals surface area contributed by atoms with Crippen LogP contribution in [0.25, 0.3) is 10.8 Å². The first-order valence-corrected chi connectivity index (χ1v) is 6.79. The number of benzene rings is 2. The summed E-state index contributed by atoms with van der Waals surface area (Å²) in [4.78, 5) is 0. The van der Waals surface area contributed by atoms with E-state index in [1.807, 2.05) is 49.6 Å². The van der Waals surface area contributed by atoms with Crippen molar-refractivity contribution in [2.75, 3.05) is 0 Å². The van der Waals surface area contributed by atoms with Crippen LogP contribution in [0.2, 0.25) is 0 Å². The first-order chi connectivity index (χ1) is 9.13. The Hall–Kier alpha value is -1.65. The van der Waals surface area contributed by atoms with Gasteiger partial charge in [0.1, 0.15) is 6.10 Å². The van der Waals surface area contributed by atoms with Crippen molar-refractivity contribution in [3.8, 4) is 0 Å². The molecule has 0 saturated heterocycles. The number of aliphatic hydroxyl groups excluding tert-OH is 1. The summed E-state index contributed by atoms with van der Waals surface area (Å²) in [5.41, 5.74) is 1.52. The Labute approximate surface area is 119 Å². The van der Waals surface area contributed by atoms with E-state index in [1.165, 1.54) is 0 Å². The van der Waals surface area contributed by atoms with Gasteiger partial charge >= 0.3 is 0 Å². The van der Waals surface area contributed by atoms with Crippen molar-refractivity contribution < 1.29 is 5.11 Å². The Morgan fingerprint density at radius 2 is 1.84 bits per heavy atom. The third-order valence-corrected chi connectivity index (χ3v) is 3.65. The number of aryl methyl sites for hydroxylation is 1. The number of rotatable bonds is 2. The molecule has 0 aliphatic rings. The van der Waals surface area contributed by atoms with E-state index in [2.05, 4.69) is 27.1 Å². The molecule has 3 rings (SSSR count). The fourth-order valence-electron chi connectivity index (χ4n) is 2.15. The Morgan fingerprint density at radius 3 is 2.58 bits per heavy atom. The van der Waals surface area contributed by atoms with Crippen LogP contribution in [-0.4, -0.2) is 14.9 Å². The van der Waals surface area contributed by atoms with Crippen LogP contribution in [0, 0.1) is 0 Å². The fourth-order valence-corrected chi connectivity index (χ4v) is 2.53. The smallest absolute Gasteiger partial charge is 0.123 e. The summed E-state index contributed by atoms with van der Waals surface area (Å²) in [7, 11) is 1.84. The molecule has 0 saturated carbocycles. The first-order valence-electron chi connectivity index (χ1n) is 6.00. The third-order valence-electron chi connectivity index (χ3n) is 3.16. The van der Waals surface area contributed by atoms with Gasteiger partial charge < -0.3 is 5.11 Å². The lowest BCUT2D eigenvalue weighted by atomic mass is 10.0. The molecule has 0 aliphatic carbocycles. The Morgan fingerprint density at radius 1 is 1.11 bits per heavy atom. The summed E-state index contributed by atoms with van der Waals surface area (Å²) in [6.07, 6.45) is 1.14. The summed E-state index contributed by atoms with van der Waals surface area (Å²) in [5.74, 6) is 0. The van der Waals surface area contributed by atoms with E-state index < -0.39 is 6.10 Å². The standard InChI is InChI=1S/C15H13BrN2O/c1-18-7-6-14(17-18)15(19)12-3-2-11-9-13(16)5-4-10(11)8-12/h2-9,15,19H,1H3. The molecular formula is C15H13BrN2O. The first kappa shape index (κ1) is 12.4. The molecule has 3 aromatic rings. The highest BCUT2D eigenvalue weighted by molar-refractivity contribution is 9.10. The highest BCUT2D eigenvalue weighted by atomic mass is 79.9. The van der Waals surface area contributed by atoms with E-state index in [0.29, 0.717) is 5.69 Å². The second-order valence-electron chi connectivity index (χ2n) is 4.57. The average molecular weight is 317 g/mol. The molecule has 4 heteroatoms. The van der Waals surface area contributed by atoms with Gasteiger partial charge in [0, 0.05) is 17.7 Å². The van der Waals surface area contributed by atoms with Gasteiger partial charge in [-0.2, -0.15) is 5.10 Å². The van der Waals surface area contributed by atoms with Gasteiger partial charge in [-0.1, -0.05) is 34.1 Å². The Bertz CT molecular complexity index is 736. The van der Waals surface area contributed by atoms with Crippen molar-refractivity contribution >= 4 is 26.7 Å². The maximum atomic E-state index is 10.3. The summed E-state index contributed by atoms with van der Waals surface area (Å²) in [6, 6.07) is 13.9. The van der Waals surface area contributed by atoms with Gasteiger partial charge in [-0.15, -0.1) is 0 Å². The van der Waals surface area contributed by atoms with Gasteiger partial charge in [0.05, 0.1) is 5.69 Å². The van der Waals surface area contributed by atoms with Crippen molar-refractivity contribution in [2.45, 2.75) is 6.10 Å². The van der Waals surface area contributed by atoms with E-state index in [-0.39, 0.29) is 0 Å². The lowest BCUT2D eigenvalue weighted by Gasteiger charge is -2.09. The van der Waals surface area contributed by atoms with Crippen molar-refractivity contribution in [1.82, 2.24) is 9.78 Å². The number of aromatic nitrogens is 2. The molecule has 1 N–H and O–H groups in total. The summed E-state index contributed by atoms with van der Waals surface area (Å²) in [5, 5.41) is 16.8. The predicted molar refractivity (Wildman–Crippen MR) is 78.9 cm³/mol. The van der Waals surface area contributed by atoms with Gasteiger partial charge in [-0.25, -0.2) is 0 Å². The molecule has 0 amide bonds. The minimum Gasteiger partial charge on any atom is -0.382 e. The SMILES string of the molecule is Cn1ccc(C(O)c2ccc3cc(Br)ccc3c2)n1.